The molecule has 1 fully saturated rings. The van der Waals surface area contributed by atoms with Crippen molar-refractivity contribution in [1.82, 2.24) is 9.97 Å². The highest BCUT2D eigenvalue weighted by Gasteiger charge is 2.26. The summed E-state index contributed by atoms with van der Waals surface area (Å²) in [5, 5.41) is 0. The van der Waals surface area contributed by atoms with Crippen molar-refractivity contribution in [3.8, 4) is 0 Å². The summed E-state index contributed by atoms with van der Waals surface area (Å²) in [5.41, 5.74) is 1.17. The molecule has 0 aliphatic heterocycles. The average molecular weight is 162 g/mol. The zero-order valence-corrected chi connectivity index (χ0v) is 7.62. The Labute approximate surface area is 73.1 Å². The summed E-state index contributed by atoms with van der Waals surface area (Å²) in [7, 11) is 0. The Hall–Kier alpha value is -0.920. The van der Waals surface area contributed by atoms with Crippen molar-refractivity contribution >= 4 is 0 Å². The molecule has 0 atom stereocenters. The van der Waals surface area contributed by atoms with E-state index in [1.807, 2.05) is 12.3 Å². The number of nitrogens with zero attached hydrogens (tertiary/aromatic N) is 2. The lowest BCUT2D eigenvalue weighted by Crippen LogP contribution is -1.98. The van der Waals surface area contributed by atoms with Crippen LogP contribution in [0.1, 0.15) is 50.0 Å². The van der Waals surface area contributed by atoms with Gasteiger partial charge in [-0.1, -0.05) is 13.8 Å². The predicted octanol–water partition coefficient (Wildman–Crippen LogP) is 2.48. The zero-order valence-electron chi connectivity index (χ0n) is 7.62. The standard InChI is InChI=1S/C10H14N2/c1-7(2)9-5-6-11-10(12-9)8-3-4-8/h5-8H,3-4H2,1-2H3. The van der Waals surface area contributed by atoms with Crippen LogP contribution in [0.5, 0.6) is 0 Å². The summed E-state index contributed by atoms with van der Waals surface area (Å²) in [6.07, 6.45) is 4.44. The third-order valence-corrected chi connectivity index (χ3v) is 2.23. The monoisotopic (exact) mass is 162 g/mol. The van der Waals surface area contributed by atoms with E-state index >= 15 is 0 Å². The summed E-state index contributed by atoms with van der Waals surface area (Å²) < 4.78 is 0. The van der Waals surface area contributed by atoms with Gasteiger partial charge in [-0.05, 0) is 24.8 Å². The fourth-order valence-electron chi connectivity index (χ4n) is 1.25. The van der Waals surface area contributed by atoms with Crippen LogP contribution in [-0.2, 0) is 0 Å². The molecular formula is C10H14N2. The summed E-state index contributed by atoms with van der Waals surface area (Å²) in [6, 6.07) is 2.01. The maximum Gasteiger partial charge on any atom is 0.131 e. The molecule has 0 N–H and O–H groups in total. The van der Waals surface area contributed by atoms with E-state index in [1.54, 1.807) is 0 Å². The molecule has 2 heteroatoms. The Morgan fingerprint density at radius 2 is 2.17 bits per heavy atom. The number of rotatable bonds is 2. The smallest absolute Gasteiger partial charge is 0.131 e. The van der Waals surface area contributed by atoms with Crippen molar-refractivity contribution in [1.29, 1.82) is 0 Å². The highest BCUT2D eigenvalue weighted by atomic mass is 14.9. The molecule has 0 spiro atoms. The van der Waals surface area contributed by atoms with Crippen molar-refractivity contribution in [3.63, 3.8) is 0 Å². The molecule has 12 heavy (non-hydrogen) atoms. The number of hydrogen-bond donors (Lipinski definition) is 0. The Morgan fingerprint density at radius 3 is 2.75 bits per heavy atom. The Bertz CT molecular complexity index is 260. The second-order valence-electron chi connectivity index (χ2n) is 3.77. The van der Waals surface area contributed by atoms with Gasteiger partial charge in [0.2, 0.25) is 0 Å². The summed E-state index contributed by atoms with van der Waals surface area (Å²) in [4.78, 5) is 8.80. The topological polar surface area (TPSA) is 25.8 Å². The van der Waals surface area contributed by atoms with Crippen molar-refractivity contribution in [2.45, 2.75) is 38.5 Å². The van der Waals surface area contributed by atoms with Crippen LogP contribution >= 0.6 is 0 Å². The molecular weight excluding hydrogens is 148 g/mol. The average Bonchev–Trinajstić information content (AvgIpc) is 2.87. The molecule has 64 valence electrons. The van der Waals surface area contributed by atoms with Crippen LogP contribution in [0.2, 0.25) is 0 Å². The lowest BCUT2D eigenvalue weighted by Gasteiger charge is -2.04. The second-order valence-corrected chi connectivity index (χ2v) is 3.77. The quantitative estimate of drug-likeness (QED) is 0.667. The summed E-state index contributed by atoms with van der Waals surface area (Å²) in [5.74, 6) is 2.25. The van der Waals surface area contributed by atoms with E-state index in [9.17, 15) is 0 Å². The predicted molar refractivity (Wildman–Crippen MR) is 48.1 cm³/mol. The van der Waals surface area contributed by atoms with E-state index in [0.717, 1.165) is 5.82 Å². The van der Waals surface area contributed by atoms with Gasteiger partial charge in [0.05, 0.1) is 0 Å². The minimum Gasteiger partial charge on any atom is -0.241 e. The lowest BCUT2D eigenvalue weighted by atomic mass is 10.1. The molecule has 0 radical (unpaired) electrons. The van der Waals surface area contributed by atoms with Crippen LogP contribution in [0.3, 0.4) is 0 Å². The van der Waals surface area contributed by atoms with E-state index in [4.69, 9.17) is 0 Å². The first-order valence-electron chi connectivity index (χ1n) is 4.60. The molecule has 2 rings (SSSR count). The molecule has 1 aromatic heterocycles. The second kappa shape index (κ2) is 2.85. The van der Waals surface area contributed by atoms with Crippen molar-refractivity contribution in [2.75, 3.05) is 0 Å². The van der Waals surface area contributed by atoms with Gasteiger partial charge in [0.1, 0.15) is 5.82 Å². The SMILES string of the molecule is CC(C)c1ccnc(C2CC2)n1. The van der Waals surface area contributed by atoms with E-state index < -0.39 is 0 Å². The lowest BCUT2D eigenvalue weighted by molar-refractivity contribution is 0.783. The first kappa shape index (κ1) is 7.71. The van der Waals surface area contributed by atoms with Gasteiger partial charge in [0.25, 0.3) is 0 Å². The molecule has 1 aliphatic rings. The summed E-state index contributed by atoms with van der Waals surface area (Å²) >= 11 is 0. The van der Waals surface area contributed by atoms with Crippen molar-refractivity contribution in [3.05, 3.63) is 23.8 Å². The molecule has 1 aromatic rings. The maximum absolute atomic E-state index is 4.52. The van der Waals surface area contributed by atoms with Crippen LogP contribution in [0.25, 0.3) is 0 Å². The van der Waals surface area contributed by atoms with Gasteiger partial charge in [-0.15, -0.1) is 0 Å². The molecule has 0 unspecified atom stereocenters. The van der Waals surface area contributed by atoms with Gasteiger partial charge in [0.15, 0.2) is 0 Å². The Kier molecular flexibility index (Phi) is 1.83. The normalized spacial score (nSPS) is 16.9. The minimum absolute atomic E-state index is 0.519. The van der Waals surface area contributed by atoms with Gasteiger partial charge in [-0.3, -0.25) is 0 Å². The number of aromatic nitrogens is 2. The first-order valence-corrected chi connectivity index (χ1v) is 4.60. The van der Waals surface area contributed by atoms with Gasteiger partial charge in [-0.2, -0.15) is 0 Å². The first-order chi connectivity index (χ1) is 5.77. The molecule has 1 heterocycles. The van der Waals surface area contributed by atoms with E-state index in [1.165, 1.54) is 18.5 Å². The zero-order chi connectivity index (χ0) is 8.55. The largest absolute Gasteiger partial charge is 0.241 e. The maximum atomic E-state index is 4.52. The van der Waals surface area contributed by atoms with E-state index in [0.29, 0.717) is 11.8 Å². The fraction of sp³-hybridized carbons (Fsp3) is 0.600. The molecule has 1 saturated carbocycles. The third-order valence-electron chi connectivity index (χ3n) is 2.23. The van der Waals surface area contributed by atoms with Gasteiger partial charge in [-0.25, -0.2) is 9.97 Å². The van der Waals surface area contributed by atoms with Crippen molar-refractivity contribution in [2.24, 2.45) is 0 Å². The Balaban J connectivity index is 2.26. The van der Waals surface area contributed by atoms with Crippen LogP contribution in [-0.4, -0.2) is 9.97 Å². The Morgan fingerprint density at radius 1 is 1.42 bits per heavy atom. The highest BCUT2D eigenvalue weighted by molar-refractivity contribution is 5.12. The van der Waals surface area contributed by atoms with Gasteiger partial charge in [0, 0.05) is 17.8 Å². The van der Waals surface area contributed by atoms with Gasteiger partial charge >= 0.3 is 0 Å². The van der Waals surface area contributed by atoms with Crippen LogP contribution in [0, 0.1) is 0 Å². The minimum atomic E-state index is 0.519. The highest BCUT2D eigenvalue weighted by Crippen LogP contribution is 2.37. The molecule has 0 amide bonds. The van der Waals surface area contributed by atoms with Crippen molar-refractivity contribution < 1.29 is 0 Å². The van der Waals surface area contributed by atoms with Crippen LogP contribution in [0.15, 0.2) is 12.3 Å². The fourth-order valence-corrected chi connectivity index (χ4v) is 1.25. The van der Waals surface area contributed by atoms with Crippen LogP contribution < -0.4 is 0 Å². The number of hydrogen-bond acceptors (Lipinski definition) is 2. The molecule has 0 aromatic carbocycles. The van der Waals surface area contributed by atoms with E-state index in [2.05, 4.69) is 23.8 Å². The summed E-state index contributed by atoms with van der Waals surface area (Å²) in [6.45, 7) is 4.33. The molecule has 2 nitrogen and oxygen atoms in total. The molecule has 0 saturated heterocycles. The van der Waals surface area contributed by atoms with Crippen LogP contribution in [0.4, 0.5) is 0 Å². The van der Waals surface area contributed by atoms with E-state index in [-0.39, 0.29) is 0 Å². The molecule has 1 aliphatic carbocycles. The van der Waals surface area contributed by atoms with Gasteiger partial charge < -0.3 is 0 Å². The third kappa shape index (κ3) is 1.47. The molecule has 0 bridgehead atoms.